The number of aliphatic hydroxyl groups is 1. The van der Waals surface area contributed by atoms with Crippen LogP contribution in [0.4, 0.5) is 5.69 Å². The Hall–Kier alpha value is -4.15. The quantitative estimate of drug-likeness (QED) is 0.352. The zero-order valence-electron chi connectivity index (χ0n) is 18.6. The summed E-state index contributed by atoms with van der Waals surface area (Å²) < 4.78 is 1.44. The summed E-state index contributed by atoms with van der Waals surface area (Å²) in [4.78, 5) is 43.1. The molecule has 0 atom stereocenters. The molecule has 0 spiro atoms. The highest BCUT2D eigenvalue weighted by molar-refractivity contribution is 6.36. The van der Waals surface area contributed by atoms with Gasteiger partial charge in [-0.05, 0) is 62.1 Å². The molecular weight excluding hydrogens is 418 g/mol. The molecule has 4 aromatic rings. The van der Waals surface area contributed by atoms with E-state index in [4.69, 9.17) is 0 Å². The van der Waals surface area contributed by atoms with E-state index in [1.54, 1.807) is 64.2 Å². The minimum Gasteiger partial charge on any atom is -0.378 e. The van der Waals surface area contributed by atoms with Crippen molar-refractivity contribution in [1.29, 1.82) is 0 Å². The first kappa shape index (κ1) is 20.7. The number of fused-ring (bicyclic) bond motifs is 1. The van der Waals surface area contributed by atoms with E-state index in [1.807, 2.05) is 6.07 Å². The summed E-state index contributed by atoms with van der Waals surface area (Å²) in [5.41, 5.74) is 2.35. The van der Waals surface area contributed by atoms with Gasteiger partial charge in [0.25, 0.3) is 11.8 Å². The number of nitrogens with one attached hydrogen (secondary N) is 1. The zero-order valence-corrected chi connectivity index (χ0v) is 18.6. The normalized spacial score (nSPS) is 13.5. The molecule has 7 nitrogen and oxygen atoms in total. The molecule has 7 heteroatoms. The van der Waals surface area contributed by atoms with Crippen LogP contribution in [-0.4, -0.2) is 32.1 Å². The van der Waals surface area contributed by atoms with Crippen LogP contribution in [0.15, 0.2) is 47.3 Å². The number of hydrogen-bond donors (Lipinski definition) is 2. The van der Waals surface area contributed by atoms with Crippen LogP contribution in [0.25, 0.3) is 21.8 Å². The number of carbonyl (C=O) groups excluding carboxylic acids is 2. The van der Waals surface area contributed by atoms with Crippen molar-refractivity contribution in [3.63, 3.8) is 0 Å². The van der Waals surface area contributed by atoms with Gasteiger partial charge in [0.15, 0.2) is 0 Å². The summed E-state index contributed by atoms with van der Waals surface area (Å²) in [6, 6.07) is 12.1. The number of benzene rings is 3. The van der Waals surface area contributed by atoms with E-state index in [1.165, 1.54) is 9.47 Å². The van der Waals surface area contributed by atoms with Crippen molar-refractivity contribution in [2.75, 3.05) is 4.90 Å². The molecular formula is C26H21N3O4. The number of carbonyl (C=O) groups is 2. The van der Waals surface area contributed by atoms with Crippen molar-refractivity contribution in [3.8, 4) is 11.8 Å². The van der Waals surface area contributed by atoms with Crippen molar-refractivity contribution >= 4 is 39.3 Å². The molecule has 0 saturated heterocycles. The molecule has 1 aliphatic heterocycles. The number of hydrogen-bond acceptors (Lipinski definition) is 4. The van der Waals surface area contributed by atoms with Crippen LogP contribution in [0.2, 0.25) is 0 Å². The number of anilines is 1. The highest BCUT2D eigenvalue weighted by Gasteiger charge is 2.35. The lowest BCUT2D eigenvalue weighted by molar-refractivity contribution is 0.0893. The first-order valence-corrected chi connectivity index (χ1v) is 10.5. The second-order valence-corrected chi connectivity index (χ2v) is 8.79. The minimum atomic E-state index is -1.17. The molecule has 0 aliphatic carbocycles. The third-order valence-corrected chi connectivity index (χ3v) is 5.87. The third kappa shape index (κ3) is 3.15. The van der Waals surface area contributed by atoms with Gasteiger partial charge in [-0.1, -0.05) is 24.0 Å². The molecule has 1 aliphatic rings. The molecule has 2 heterocycles. The summed E-state index contributed by atoms with van der Waals surface area (Å²) in [5, 5.41) is 11.2. The summed E-state index contributed by atoms with van der Waals surface area (Å²) in [6.07, 6.45) is 0. The third-order valence-electron chi connectivity index (χ3n) is 5.87. The maximum atomic E-state index is 13.6. The Labute approximate surface area is 189 Å². The van der Waals surface area contributed by atoms with Gasteiger partial charge in [0.2, 0.25) is 0 Å². The summed E-state index contributed by atoms with van der Waals surface area (Å²) >= 11 is 0. The van der Waals surface area contributed by atoms with Gasteiger partial charge in [0.1, 0.15) is 5.60 Å². The van der Waals surface area contributed by atoms with Crippen LogP contribution in [0.5, 0.6) is 0 Å². The average molecular weight is 439 g/mol. The number of H-pyrrole nitrogens is 1. The van der Waals surface area contributed by atoms with Crippen molar-refractivity contribution in [3.05, 3.63) is 75.2 Å². The molecule has 0 fully saturated rings. The van der Waals surface area contributed by atoms with E-state index in [0.717, 1.165) is 0 Å². The second-order valence-electron chi connectivity index (χ2n) is 8.79. The number of rotatable bonds is 1. The minimum absolute atomic E-state index is 0.271. The predicted molar refractivity (Wildman–Crippen MR) is 127 cm³/mol. The Bertz CT molecular complexity index is 1620. The van der Waals surface area contributed by atoms with Crippen LogP contribution >= 0.6 is 0 Å². The van der Waals surface area contributed by atoms with Crippen LogP contribution < -0.4 is 10.6 Å². The fourth-order valence-corrected chi connectivity index (χ4v) is 4.26. The van der Waals surface area contributed by atoms with E-state index in [0.29, 0.717) is 49.7 Å². The first-order valence-electron chi connectivity index (χ1n) is 10.5. The molecule has 2 N–H and O–H groups in total. The molecule has 5 rings (SSSR count). The van der Waals surface area contributed by atoms with Crippen molar-refractivity contribution < 1.29 is 14.7 Å². The number of aryl methyl sites for hydroxylation is 2. The predicted octanol–water partition coefficient (Wildman–Crippen LogP) is 3.25. The number of aromatic amines is 1. The molecule has 0 saturated carbocycles. The Balaban J connectivity index is 1.73. The fourth-order valence-electron chi connectivity index (χ4n) is 4.26. The molecule has 1 aromatic heterocycles. The first-order chi connectivity index (χ1) is 15.6. The van der Waals surface area contributed by atoms with Gasteiger partial charge in [-0.25, -0.2) is 9.69 Å². The van der Waals surface area contributed by atoms with E-state index in [-0.39, 0.29) is 5.69 Å². The summed E-state index contributed by atoms with van der Waals surface area (Å²) in [6.45, 7) is 4.98. The van der Waals surface area contributed by atoms with Gasteiger partial charge >= 0.3 is 5.69 Å². The van der Waals surface area contributed by atoms with Gasteiger partial charge in [-0.2, -0.15) is 0 Å². The van der Waals surface area contributed by atoms with Gasteiger partial charge in [-0.15, -0.1) is 0 Å². The Morgan fingerprint density at radius 1 is 1.00 bits per heavy atom. The monoisotopic (exact) mass is 439 g/mol. The number of aromatic nitrogens is 2. The maximum absolute atomic E-state index is 13.6. The fraction of sp³-hybridized carbons (Fsp3) is 0.192. The molecule has 0 radical (unpaired) electrons. The van der Waals surface area contributed by atoms with Crippen molar-refractivity contribution in [2.45, 2.75) is 26.4 Å². The lowest BCUT2D eigenvalue weighted by Crippen LogP contribution is -2.41. The van der Waals surface area contributed by atoms with Crippen molar-refractivity contribution in [1.82, 2.24) is 9.55 Å². The van der Waals surface area contributed by atoms with Gasteiger partial charge in [-0.3, -0.25) is 14.2 Å². The Kier molecular flexibility index (Phi) is 4.35. The van der Waals surface area contributed by atoms with Gasteiger partial charge in [0, 0.05) is 29.1 Å². The van der Waals surface area contributed by atoms with Gasteiger partial charge < -0.3 is 10.1 Å². The lowest BCUT2D eigenvalue weighted by atomic mass is 9.90. The molecule has 0 bridgehead atoms. The number of imide groups is 1. The number of imidazole rings is 1. The standard InChI is InChI=1S/C26H21N3O4/c1-14-12-19-21(28(4)25(32)27-19)13-20(14)29-23(30)17-7-5-6-16-15(10-11-26(2,3)33)8-9-18(22(16)17)24(29)31/h5-9,12-13,33H,1-4H3,(H,27,32). The maximum Gasteiger partial charge on any atom is 0.326 e. The summed E-state index contributed by atoms with van der Waals surface area (Å²) in [5.74, 6) is 4.88. The molecule has 2 amide bonds. The SMILES string of the molecule is Cc1cc2[nH]c(=O)n(C)c2cc1N1C(=O)c2cccc3c(C#CC(C)(C)O)ccc(c23)C1=O. The smallest absolute Gasteiger partial charge is 0.326 e. The van der Waals surface area contributed by atoms with Crippen LogP contribution in [0.1, 0.15) is 45.7 Å². The molecule has 164 valence electrons. The average Bonchev–Trinajstić information content (AvgIpc) is 3.03. The largest absolute Gasteiger partial charge is 0.378 e. The van der Waals surface area contributed by atoms with Crippen LogP contribution in [0, 0.1) is 18.8 Å². The van der Waals surface area contributed by atoms with E-state index in [9.17, 15) is 19.5 Å². The van der Waals surface area contributed by atoms with Crippen LogP contribution in [0.3, 0.4) is 0 Å². The highest BCUT2D eigenvalue weighted by atomic mass is 16.3. The molecule has 33 heavy (non-hydrogen) atoms. The lowest BCUT2D eigenvalue weighted by Gasteiger charge is -2.28. The number of nitrogens with zero attached hydrogens (tertiary/aromatic N) is 2. The van der Waals surface area contributed by atoms with E-state index < -0.39 is 17.4 Å². The van der Waals surface area contributed by atoms with Gasteiger partial charge in [0.05, 0.1) is 16.7 Å². The van der Waals surface area contributed by atoms with Crippen molar-refractivity contribution in [2.24, 2.45) is 7.05 Å². The van der Waals surface area contributed by atoms with E-state index >= 15 is 0 Å². The second kappa shape index (κ2) is 6.92. The molecule has 3 aromatic carbocycles. The highest BCUT2D eigenvalue weighted by Crippen LogP contribution is 2.36. The molecule has 0 unspecified atom stereocenters. The Morgan fingerprint density at radius 3 is 2.39 bits per heavy atom. The van der Waals surface area contributed by atoms with Crippen LogP contribution in [-0.2, 0) is 7.05 Å². The Morgan fingerprint density at radius 2 is 1.70 bits per heavy atom. The number of amides is 2. The van der Waals surface area contributed by atoms with E-state index in [2.05, 4.69) is 16.8 Å². The summed E-state index contributed by atoms with van der Waals surface area (Å²) in [7, 11) is 1.63. The topological polar surface area (TPSA) is 95.4 Å². The zero-order chi connectivity index (χ0) is 23.7.